The van der Waals surface area contributed by atoms with Gasteiger partial charge in [-0.15, -0.1) is 0 Å². The first-order valence-corrected chi connectivity index (χ1v) is 8.75. The molecule has 0 bridgehead atoms. The summed E-state index contributed by atoms with van der Waals surface area (Å²) in [5.41, 5.74) is 0.546. The molecule has 2 aromatic rings. The summed E-state index contributed by atoms with van der Waals surface area (Å²) in [5, 5.41) is 0. The van der Waals surface area contributed by atoms with E-state index in [1.807, 2.05) is 23.1 Å². The van der Waals surface area contributed by atoms with Crippen molar-refractivity contribution in [2.24, 2.45) is 0 Å². The third kappa shape index (κ3) is 4.70. The van der Waals surface area contributed by atoms with Crippen LogP contribution in [0.4, 0.5) is 5.69 Å². The Labute approximate surface area is 161 Å². The Kier molecular flexibility index (Phi) is 3.80. The van der Waals surface area contributed by atoms with Crippen molar-refractivity contribution in [1.82, 2.24) is 4.90 Å². The van der Waals surface area contributed by atoms with Gasteiger partial charge in [-0.2, -0.15) is 0 Å². The van der Waals surface area contributed by atoms with Gasteiger partial charge < -0.3 is 9.80 Å². The van der Waals surface area contributed by atoms with Crippen LogP contribution in [0.2, 0.25) is 0 Å². The zero-order valence-corrected chi connectivity index (χ0v) is 14.5. The quantitative estimate of drug-likeness (QED) is 0.787. The number of likely N-dealkylation sites (tertiary alicyclic amines) is 1. The van der Waals surface area contributed by atoms with E-state index >= 15 is 0 Å². The molecule has 0 saturated carbocycles. The molecule has 0 radical (unpaired) electrons. The molecular weight excluding hydrogens is 308 g/mol. The maximum absolute atomic E-state index is 12.8. The van der Waals surface area contributed by atoms with Crippen LogP contribution >= 0.6 is 0 Å². The summed E-state index contributed by atoms with van der Waals surface area (Å²) in [6.07, 6.45) is -0.309. The van der Waals surface area contributed by atoms with Gasteiger partial charge >= 0.3 is 0 Å². The molecule has 0 atom stereocenters. The van der Waals surface area contributed by atoms with Gasteiger partial charge in [-0.05, 0) is 36.9 Å². The maximum Gasteiger partial charge on any atom is 0.226 e. The Bertz CT molecular complexity index is 947. The Morgan fingerprint density at radius 2 is 1.88 bits per heavy atom. The predicted octanol–water partition coefficient (Wildman–Crippen LogP) is 4.14. The van der Waals surface area contributed by atoms with E-state index in [2.05, 4.69) is 0 Å². The second-order valence-corrected chi connectivity index (χ2v) is 6.14. The summed E-state index contributed by atoms with van der Waals surface area (Å²) >= 11 is 0. The highest BCUT2D eigenvalue weighted by Gasteiger charge is 2.28. The summed E-state index contributed by atoms with van der Waals surface area (Å²) < 4.78 is 57.2. The molecule has 0 spiro atoms. The van der Waals surface area contributed by atoms with Crippen molar-refractivity contribution in [3.63, 3.8) is 0 Å². The zero-order valence-electron chi connectivity index (χ0n) is 21.5. The smallest absolute Gasteiger partial charge is 0.226 e. The Balaban J connectivity index is 1.81. The van der Waals surface area contributed by atoms with Crippen molar-refractivity contribution in [3.8, 4) is 0 Å². The number of carbonyl (C=O) groups excluding carboxylic acids is 1. The molecule has 2 aromatic carbocycles. The fourth-order valence-corrected chi connectivity index (χ4v) is 3.14. The summed E-state index contributed by atoms with van der Waals surface area (Å²) in [5.74, 6) is -0.290. The molecule has 1 fully saturated rings. The van der Waals surface area contributed by atoms with E-state index < -0.39 is 24.5 Å². The largest absolute Gasteiger partial charge is 0.309 e. The third-order valence-corrected chi connectivity index (χ3v) is 4.50. The molecule has 3 heteroatoms. The van der Waals surface area contributed by atoms with Gasteiger partial charge in [0.25, 0.3) is 0 Å². The maximum atomic E-state index is 12.8. The second-order valence-electron chi connectivity index (χ2n) is 6.14. The molecule has 1 aliphatic heterocycles. The van der Waals surface area contributed by atoms with Gasteiger partial charge in [0.2, 0.25) is 5.91 Å². The molecule has 25 heavy (non-hydrogen) atoms. The van der Waals surface area contributed by atoms with Gasteiger partial charge in [0.05, 0.1) is 6.85 Å². The van der Waals surface area contributed by atoms with Gasteiger partial charge in [-0.1, -0.05) is 55.4 Å². The molecule has 3 nitrogen and oxygen atoms in total. The molecular formula is C22H28N2O. The zero-order chi connectivity index (χ0) is 23.6. The van der Waals surface area contributed by atoms with E-state index in [0.717, 1.165) is 0 Å². The van der Waals surface area contributed by atoms with Crippen LogP contribution in [0.3, 0.4) is 0 Å². The van der Waals surface area contributed by atoms with E-state index in [1.54, 1.807) is 19.1 Å². The molecule has 1 aliphatic rings. The van der Waals surface area contributed by atoms with Crippen LogP contribution in [-0.2, 0) is 11.2 Å². The van der Waals surface area contributed by atoms with Crippen molar-refractivity contribution < 1.29 is 14.4 Å². The van der Waals surface area contributed by atoms with E-state index in [4.69, 9.17) is 9.60 Å². The first-order chi connectivity index (χ1) is 15.1. The number of nitrogens with zero attached hydrogens (tertiary/aromatic N) is 2. The monoisotopic (exact) mass is 343 g/mol. The molecule has 3 rings (SSSR count). The minimum atomic E-state index is -1.51. The molecule has 0 aliphatic carbocycles. The first-order valence-electron chi connectivity index (χ1n) is 12.2. The van der Waals surface area contributed by atoms with Gasteiger partial charge in [-0.25, -0.2) is 0 Å². The highest BCUT2D eigenvalue weighted by Crippen LogP contribution is 2.24. The van der Waals surface area contributed by atoms with Crippen LogP contribution in [0.15, 0.2) is 60.5 Å². The van der Waals surface area contributed by atoms with Crippen LogP contribution in [0.1, 0.15) is 41.3 Å². The topological polar surface area (TPSA) is 23.6 Å². The minimum absolute atomic E-state index is 0.0686. The number of amides is 1. The van der Waals surface area contributed by atoms with Gasteiger partial charge in [0, 0.05) is 40.5 Å². The lowest BCUT2D eigenvalue weighted by atomic mass is 10.0. The number of benzene rings is 2. The molecule has 0 unspecified atom stereocenters. The summed E-state index contributed by atoms with van der Waals surface area (Å²) in [7, 11) is 0. The summed E-state index contributed by atoms with van der Waals surface area (Å²) in [6, 6.07) is 6.56. The first kappa shape index (κ1) is 10.8. The standard InChI is InChI=1S/C22H28N2O/c1-2-22(25)24(20-11-7-4-8-12-20)21-14-17-23(18-15-21)16-13-19-9-5-3-6-10-19/h3-12,21H,2,13-18H2,1H3/i4D,7D,8D,11D,12D,13D2. The van der Waals surface area contributed by atoms with Crippen molar-refractivity contribution in [3.05, 3.63) is 66.1 Å². The average molecular weight is 344 g/mol. The van der Waals surface area contributed by atoms with Crippen molar-refractivity contribution in [2.75, 3.05) is 24.5 Å². The number of hydrogen-bond acceptors (Lipinski definition) is 2. The number of rotatable bonds is 6. The van der Waals surface area contributed by atoms with Crippen LogP contribution in [0.25, 0.3) is 0 Å². The average Bonchev–Trinajstić information content (AvgIpc) is 2.80. The predicted molar refractivity (Wildman–Crippen MR) is 104 cm³/mol. The molecule has 0 aromatic heterocycles. The van der Waals surface area contributed by atoms with Crippen LogP contribution in [0.5, 0.6) is 0 Å². The number of anilines is 1. The van der Waals surface area contributed by atoms with Crippen molar-refractivity contribution >= 4 is 11.6 Å². The number of carbonyl (C=O) groups is 1. The molecule has 0 N–H and O–H groups in total. The number of para-hydroxylation sites is 1. The van der Waals surface area contributed by atoms with E-state index in [0.29, 0.717) is 31.5 Å². The fraction of sp³-hybridized carbons (Fsp3) is 0.409. The highest BCUT2D eigenvalue weighted by atomic mass is 16.2. The van der Waals surface area contributed by atoms with Crippen LogP contribution in [-0.4, -0.2) is 36.5 Å². The lowest BCUT2D eigenvalue weighted by Gasteiger charge is -2.38. The second kappa shape index (κ2) is 8.82. The number of piperidine rings is 1. The fourth-order valence-electron chi connectivity index (χ4n) is 3.14. The van der Waals surface area contributed by atoms with Crippen molar-refractivity contribution in [1.29, 1.82) is 0 Å². The Morgan fingerprint density at radius 3 is 2.52 bits per heavy atom. The SMILES string of the molecule is [2H]c1c([2H])c([2H])c(N(C(=O)CC)C2CCN(CC([2H])([2H])c3ccccc3)CC2)c([2H])c1[2H]. The lowest BCUT2D eigenvalue weighted by molar-refractivity contribution is -0.119. The Hall–Kier alpha value is -2.13. The van der Waals surface area contributed by atoms with Gasteiger partial charge in [0.15, 0.2) is 0 Å². The summed E-state index contributed by atoms with van der Waals surface area (Å²) in [4.78, 5) is 16.2. The van der Waals surface area contributed by atoms with Crippen LogP contribution in [0, 0.1) is 0 Å². The van der Waals surface area contributed by atoms with E-state index in [9.17, 15) is 4.79 Å². The highest BCUT2D eigenvalue weighted by molar-refractivity contribution is 5.93. The number of hydrogen-bond donors (Lipinski definition) is 0. The van der Waals surface area contributed by atoms with Gasteiger partial charge in [0.1, 0.15) is 0 Å². The normalized spacial score (nSPS) is 20.4. The van der Waals surface area contributed by atoms with E-state index in [-0.39, 0.29) is 42.7 Å². The van der Waals surface area contributed by atoms with E-state index in [1.165, 1.54) is 4.90 Å². The van der Waals surface area contributed by atoms with Crippen LogP contribution < -0.4 is 4.90 Å². The molecule has 1 heterocycles. The van der Waals surface area contributed by atoms with Gasteiger partial charge in [-0.3, -0.25) is 4.79 Å². The molecule has 1 amide bonds. The molecule has 1 saturated heterocycles. The third-order valence-electron chi connectivity index (χ3n) is 4.50. The minimum Gasteiger partial charge on any atom is -0.309 e. The Morgan fingerprint density at radius 1 is 1.20 bits per heavy atom. The van der Waals surface area contributed by atoms with Crippen molar-refractivity contribution in [2.45, 2.75) is 38.6 Å². The lowest BCUT2D eigenvalue weighted by Crippen LogP contribution is -2.47. The molecule has 132 valence electrons. The summed E-state index contributed by atoms with van der Waals surface area (Å²) in [6.45, 7) is 3.00.